The maximum Gasteiger partial charge on any atom is 0.221 e. The van der Waals surface area contributed by atoms with Gasteiger partial charge in [0.25, 0.3) is 0 Å². The summed E-state index contributed by atoms with van der Waals surface area (Å²) in [6, 6.07) is 14.8. The van der Waals surface area contributed by atoms with Crippen LogP contribution in [0.15, 0.2) is 53.9 Å². The normalized spacial score (nSPS) is 13.1. The molecule has 1 atom stereocenters. The molecule has 1 heterocycles. The van der Waals surface area contributed by atoms with E-state index >= 15 is 0 Å². The number of benzene rings is 2. The van der Waals surface area contributed by atoms with Crippen molar-refractivity contribution in [3.8, 4) is 17.0 Å². The van der Waals surface area contributed by atoms with Gasteiger partial charge < -0.3 is 15.2 Å². The van der Waals surface area contributed by atoms with Crippen LogP contribution in [0.2, 0.25) is 0 Å². The Morgan fingerprint density at radius 1 is 1.23 bits per heavy atom. The summed E-state index contributed by atoms with van der Waals surface area (Å²) in [6.45, 7) is 3.20. The molecule has 2 aromatic carbocycles. The Morgan fingerprint density at radius 2 is 1.96 bits per heavy atom. The second-order valence-corrected chi connectivity index (χ2v) is 6.96. The molecule has 2 N–H and O–H groups in total. The van der Waals surface area contributed by atoms with E-state index < -0.39 is 5.60 Å². The van der Waals surface area contributed by atoms with E-state index in [2.05, 4.69) is 10.3 Å². The smallest absolute Gasteiger partial charge is 0.221 e. The summed E-state index contributed by atoms with van der Waals surface area (Å²) in [4.78, 5) is 15.8. The summed E-state index contributed by atoms with van der Waals surface area (Å²) >= 11 is 1.40. The van der Waals surface area contributed by atoms with Gasteiger partial charge in [-0.3, -0.25) is 4.79 Å². The third-order valence-electron chi connectivity index (χ3n) is 4.05. The summed E-state index contributed by atoms with van der Waals surface area (Å²) in [7, 11) is 1.61. The van der Waals surface area contributed by atoms with Crippen LogP contribution >= 0.6 is 11.3 Å². The summed E-state index contributed by atoms with van der Waals surface area (Å²) in [5, 5.41) is 16.3. The summed E-state index contributed by atoms with van der Waals surface area (Å²) in [5.41, 5.74) is 1.89. The molecule has 3 rings (SSSR count). The molecule has 6 heteroatoms. The predicted octanol–water partition coefficient (Wildman–Crippen LogP) is 4.03. The van der Waals surface area contributed by atoms with Crippen molar-refractivity contribution in [1.82, 2.24) is 4.98 Å². The molecule has 26 heavy (non-hydrogen) atoms. The Kier molecular flexibility index (Phi) is 5.06. The number of aliphatic hydroxyl groups is 1. The van der Waals surface area contributed by atoms with Crippen LogP contribution in [0.5, 0.6) is 5.75 Å². The Morgan fingerprint density at radius 3 is 2.62 bits per heavy atom. The number of carbonyl (C=O) groups excluding carboxylic acids is 1. The Labute approximate surface area is 156 Å². The minimum atomic E-state index is -1.20. The van der Waals surface area contributed by atoms with Gasteiger partial charge in [-0.05, 0) is 36.8 Å². The van der Waals surface area contributed by atoms with E-state index in [1.54, 1.807) is 14.0 Å². The number of methoxy groups -OCH3 is 1. The number of amides is 1. The lowest BCUT2D eigenvalue weighted by Gasteiger charge is -2.21. The zero-order valence-corrected chi connectivity index (χ0v) is 15.6. The lowest BCUT2D eigenvalue weighted by atomic mass is 9.96. The SMILES string of the molecule is COc1ccc(C(C)(O)c2nc(-c3cccc(NC(C)=O)c3)cs2)cc1. The number of carbonyl (C=O) groups is 1. The zero-order chi connectivity index (χ0) is 18.7. The molecule has 5 nitrogen and oxygen atoms in total. The number of thiazole rings is 1. The van der Waals surface area contributed by atoms with Crippen molar-refractivity contribution in [2.75, 3.05) is 12.4 Å². The van der Waals surface area contributed by atoms with E-state index in [9.17, 15) is 9.90 Å². The number of hydrogen-bond acceptors (Lipinski definition) is 5. The second-order valence-electron chi connectivity index (χ2n) is 6.10. The Hall–Kier alpha value is -2.70. The second kappa shape index (κ2) is 7.27. The summed E-state index contributed by atoms with van der Waals surface area (Å²) in [5.74, 6) is 0.614. The molecule has 0 aliphatic heterocycles. The number of hydrogen-bond donors (Lipinski definition) is 2. The van der Waals surface area contributed by atoms with E-state index in [-0.39, 0.29) is 5.91 Å². The molecule has 134 valence electrons. The highest BCUT2D eigenvalue weighted by Gasteiger charge is 2.29. The van der Waals surface area contributed by atoms with E-state index in [0.717, 1.165) is 22.6 Å². The highest BCUT2D eigenvalue weighted by atomic mass is 32.1. The van der Waals surface area contributed by atoms with Gasteiger partial charge in [-0.2, -0.15) is 0 Å². The van der Waals surface area contributed by atoms with Crippen LogP contribution in [-0.4, -0.2) is 23.1 Å². The van der Waals surface area contributed by atoms with E-state index in [0.29, 0.717) is 10.7 Å². The molecule has 1 unspecified atom stereocenters. The first-order valence-electron chi connectivity index (χ1n) is 8.11. The van der Waals surface area contributed by atoms with Gasteiger partial charge in [0.2, 0.25) is 5.91 Å². The largest absolute Gasteiger partial charge is 0.497 e. The number of anilines is 1. The highest BCUT2D eigenvalue weighted by Crippen LogP contribution is 2.35. The maximum atomic E-state index is 11.2. The van der Waals surface area contributed by atoms with Gasteiger partial charge in [0.05, 0.1) is 12.8 Å². The van der Waals surface area contributed by atoms with Crippen molar-refractivity contribution >= 4 is 22.9 Å². The molecule has 1 aromatic heterocycles. The van der Waals surface area contributed by atoms with Crippen LogP contribution in [0, 0.1) is 0 Å². The average Bonchev–Trinajstić information content (AvgIpc) is 3.12. The maximum absolute atomic E-state index is 11.2. The molecule has 0 aliphatic carbocycles. The zero-order valence-electron chi connectivity index (χ0n) is 14.8. The van der Waals surface area contributed by atoms with Crippen LogP contribution in [0.1, 0.15) is 24.4 Å². The molecule has 0 fully saturated rings. The van der Waals surface area contributed by atoms with Crippen LogP contribution in [0.3, 0.4) is 0 Å². The van der Waals surface area contributed by atoms with Gasteiger partial charge in [0.15, 0.2) is 0 Å². The van der Waals surface area contributed by atoms with Crippen molar-refractivity contribution in [1.29, 1.82) is 0 Å². The number of ether oxygens (including phenoxy) is 1. The van der Waals surface area contributed by atoms with Crippen LogP contribution < -0.4 is 10.1 Å². The monoisotopic (exact) mass is 368 g/mol. The molecule has 3 aromatic rings. The molecular weight excluding hydrogens is 348 g/mol. The number of aromatic nitrogens is 1. The fourth-order valence-electron chi connectivity index (χ4n) is 2.63. The fraction of sp³-hybridized carbons (Fsp3) is 0.200. The first-order chi connectivity index (χ1) is 12.4. The topological polar surface area (TPSA) is 71.5 Å². The van der Waals surface area contributed by atoms with Crippen molar-refractivity contribution < 1.29 is 14.6 Å². The van der Waals surface area contributed by atoms with Crippen molar-refractivity contribution in [2.24, 2.45) is 0 Å². The third-order valence-corrected chi connectivity index (χ3v) is 5.10. The van der Waals surface area contributed by atoms with Crippen LogP contribution in [0.25, 0.3) is 11.3 Å². The minimum Gasteiger partial charge on any atom is -0.497 e. The van der Waals surface area contributed by atoms with Gasteiger partial charge >= 0.3 is 0 Å². The molecule has 0 aliphatic rings. The quantitative estimate of drug-likeness (QED) is 0.713. The van der Waals surface area contributed by atoms with Crippen molar-refractivity contribution in [3.05, 3.63) is 64.5 Å². The van der Waals surface area contributed by atoms with Gasteiger partial charge in [-0.1, -0.05) is 24.3 Å². The lowest BCUT2D eigenvalue weighted by molar-refractivity contribution is -0.114. The van der Waals surface area contributed by atoms with E-state index in [4.69, 9.17) is 4.74 Å². The average molecular weight is 368 g/mol. The van der Waals surface area contributed by atoms with Crippen molar-refractivity contribution in [2.45, 2.75) is 19.4 Å². The molecule has 0 saturated heterocycles. The lowest BCUT2D eigenvalue weighted by Crippen LogP contribution is -2.22. The van der Waals surface area contributed by atoms with Crippen LogP contribution in [0.4, 0.5) is 5.69 Å². The summed E-state index contributed by atoms with van der Waals surface area (Å²) < 4.78 is 5.16. The minimum absolute atomic E-state index is 0.122. The molecule has 0 radical (unpaired) electrons. The number of nitrogens with one attached hydrogen (secondary N) is 1. The molecule has 0 bridgehead atoms. The molecule has 0 saturated carbocycles. The number of nitrogens with zero attached hydrogens (tertiary/aromatic N) is 1. The molecular formula is C20H20N2O3S. The van der Waals surface area contributed by atoms with Crippen LogP contribution in [-0.2, 0) is 10.4 Å². The van der Waals surface area contributed by atoms with Gasteiger partial charge in [0.1, 0.15) is 16.4 Å². The van der Waals surface area contributed by atoms with Gasteiger partial charge in [0, 0.05) is 23.6 Å². The van der Waals surface area contributed by atoms with E-state index in [1.807, 2.05) is 53.9 Å². The predicted molar refractivity (Wildman–Crippen MR) is 104 cm³/mol. The van der Waals surface area contributed by atoms with E-state index in [1.165, 1.54) is 18.3 Å². The first-order valence-corrected chi connectivity index (χ1v) is 8.99. The number of rotatable bonds is 5. The Bertz CT molecular complexity index is 917. The van der Waals surface area contributed by atoms with Gasteiger partial charge in [-0.25, -0.2) is 4.98 Å². The first kappa shape index (κ1) is 18.1. The third kappa shape index (κ3) is 3.76. The van der Waals surface area contributed by atoms with Gasteiger partial charge in [-0.15, -0.1) is 11.3 Å². The standard InChI is InChI=1S/C20H20N2O3S/c1-13(23)21-16-6-4-5-14(11-16)18-12-26-19(22-18)20(2,24)15-7-9-17(25-3)10-8-15/h4-12,24H,1-3H3,(H,21,23). The van der Waals surface area contributed by atoms with Crippen molar-refractivity contribution in [3.63, 3.8) is 0 Å². The fourth-order valence-corrected chi connectivity index (χ4v) is 3.54. The summed E-state index contributed by atoms with van der Waals surface area (Å²) in [6.07, 6.45) is 0. The Balaban J connectivity index is 1.90. The molecule has 1 amide bonds. The molecule has 0 spiro atoms. The highest BCUT2D eigenvalue weighted by molar-refractivity contribution is 7.10.